The molecule has 2 atom stereocenters. The lowest BCUT2D eigenvalue weighted by molar-refractivity contribution is -0.142. The molecule has 0 saturated carbocycles. The van der Waals surface area contributed by atoms with Crippen LogP contribution in [0.15, 0.2) is 78.9 Å². The Bertz CT molecular complexity index is 1820. The number of rotatable bonds is 9. The normalized spacial score (nSPS) is 15.2. The van der Waals surface area contributed by atoms with Gasteiger partial charge in [0.25, 0.3) is 11.8 Å². The van der Waals surface area contributed by atoms with E-state index in [0.29, 0.717) is 53.4 Å². The fourth-order valence-corrected chi connectivity index (χ4v) is 6.03. The van der Waals surface area contributed by atoms with Crippen molar-refractivity contribution in [2.75, 3.05) is 11.9 Å². The first-order valence-electron chi connectivity index (χ1n) is 14.5. The van der Waals surface area contributed by atoms with E-state index in [9.17, 15) is 34.2 Å². The Kier molecular flexibility index (Phi) is 9.89. The van der Waals surface area contributed by atoms with Crippen LogP contribution in [0.2, 0.25) is 10.0 Å². The van der Waals surface area contributed by atoms with Gasteiger partial charge >= 0.3 is 11.9 Å². The minimum absolute atomic E-state index is 0.0324. The highest BCUT2D eigenvalue weighted by atomic mass is 35.5. The monoisotopic (exact) mass is 661 g/mol. The molecule has 0 radical (unpaired) electrons. The Hall–Kier alpha value is -4.93. The second kappa shape index (κ2) is 14.0. The third kappa shape index (κ3) is 7.30. The molecule has 5 rings (SSSR count). The lowest BCUT2D eigenvalue weighted by atomic mass is 9.98. The number of carbonyl (C=O) groups is 5. The maximum absolute atomic E-state index is 13.6. The van der Waals surface area contributed by atoms with E-state index in [1.807, 2.05) is 0 Å². The van der Waals surface area contributed by atoms with Crippen LogP contribution in [0, 0.1) is 0 Å². The number of aromatic carboxylic acids is 1. The van der Waals surface area contributed by atoms with Crippen molar-refractivity contribution >= 4 is 69.3 Å². The molecular weight excluding hydrogens is 633 g/mol. The zero-order chi connectivity index (χ0) is 33.0. The van der Waals surface area contributed by atoms with Crippen LogP contribution in [-0.4, -0.2) is 63.4 Å². The topological polar surface area (TPSA) is 153 Å². The molecule has 1 saturated heterocycles. The van der Waals surface area contributed by atoms with Gasteiger partial charge in [0.05, 0.1) is 21.2 Å². The van der Waals surface area contributed by atoms with Crippen LogP contribution in [0.5, 0.6) is 0 Å². The van der Waals surface area contributed by atoms with Gasteiger partial charge in [0.15, 0.2) is 0 Å². The van der Waals surface area contributed by atoms with Gasteiger partial charge in [-0.1, -0.05) is 53.5 Å². The number of carboxylic acid groups (broad SMARTS) is 2. The Balaban J connectivity index is 1.25. The maximum atomic E-state index is 13.6. The summed E-state index contributed by atoms with van der Waals surface area (Å²) in [4.78, 5) is 64.6. The number of hydrogen-bond acceptors (Lipinski definition) is 5. The first kappa shape index (κ1) is 32.5. The quantitative estimate of drug-likeness (QED) is 0.174. The van der Waals surface area contributed by atoms with Gasteiger partial charge < -0.3 is 25.7 Å². The summed E-state index contributed by atoms with van der Waals surface area (Å²) in [6.45, 7) is 0.331. The molecule has 46 heavy (non-hydrogen) atoms. The average molecular weight is 663 g/mol. The summed E-state index contributed by atoms with van der Waals surface area (Å²) in [6, 6.07) is 18.6. The summed E-state index contributed by atoms with van der Waals surface area (Å²) in [5.74, 6) is -3.71. The third-order valence-corrected chi connectivity index (χ3v) is 8.49. The Morgan fingerprint density at radius 3 is 2.09 bits per heavy atom. The number of piperidine rings is 1. The van der Waals surface area contributed by atoms with E-state index in [4.69, 9.17) is 23.2 Å². The average Bonchev–Trinajstić information content (AvgIpc) is 3.04. The summed E-state index contributed by atoms with van der Waals surface area (Å²) >= 11 is 12.2. The van der Waals surface area contributed by atoms with E-state index < -0.39 is 35.8 Å². The number of nitrogens with one attached hydrogen (secondary N) is 2. The van der Waals surface area contributed by atoms with Crippen LogP contribution in [0.4, 0.5) is 5.69 Å². The van der Waals surface area contributed by atoms with Crippen molar-refractivity contribution in [1.82, 2.24) is 10.2 Å². The largest absolute Gasteiger partial charge is 0.480 e. The minimum atomic E-state index is -1.27. The highest BCUT2D eigenvalue weighted by Crippen LogP contribution is 2.26. The molecule has 0 bridgehead atoms. The lowest BCUT2D eigenvalue weighted by Crippen LogP contribution is -2.55. The minimum Gasteiger partial charge on any atom is -0.480 e. The van der Waals surface area contributed by atoms with Crippen LogP contribution in [0.1, 0.15) is 55.9 Å². The summed E-state index contributed by atoms with van der Waals surface area (Å²) in [6.07, 6.45) is 1.74. The van der Waals surface area contributed by atoms with Gasteiger partial charge in [-0.15, -0.1) is 0 Å². The molecule has 0 aliphatic carbocycles. The smallest absolute Gasteiger partial charge is 0.335 e. The number of carbonyl (C=O) groups excluding carboxylic acids is 3. The van der Waals surface area contributed by atoms with Gasteiger partial charge in [0, 0.05) is 24.2 Å². The number of likely N-dealkylation sites (tertiary alicyclic amines) is 1. The van der Waals surface area contributed by atoms with Crippen molar-refractivity contribution in [3.63, 3.8) is 0 Å². The molecule has 1 fully saturated rings. The maximum Gasteiger partial charge on any atom is 0.335 e. The van der Waals surface area contributed by atoms with E-state index in [0.717, 1.165) is 0 Å². The molecule has 3 amide bonds. The lowest BCUT2D eigenvalue weighted by Gasteiger charge is -2.35. The number of amides is 3. The Morgan fingerprint density at radius 2 is 1.46 bits per heavy atom. The van der Waals surface area contributed by atoms with E-state index in [1.165, 1.54) is 17.0 Å². The molecule has 0 spiro atoms. The third-order valence-electron chi connectivity index (χ3n) is 7.86. The number of halogens is 2. The molecule has 1 aliphatic heterocycles. The van der Waals surface area contributed by atoms with Crippen LogP contribution in [0.25, 0.3) is 10.8 Å². The molecular formula is C34H29Cl2N3O7. The standard InChI is InChI=1S/C34H29Cl2N3O7/c35-25-4-3-5-26(36)29(25)31(41)37-24-13-7-19(8-14-24)16-27(34(45)46)38-30(40)28-6-1-2-15-39(28)32(42)22-11-9-21-18-23(33(43)44)12-10-20(21)17-22/h3-5,7-14,17-18,27-28H,1-2,6,15-16H2,(H,37,41)(H,38,40)(H,43,44)(H,45,46)/t27-,28?/m0/s1. The molecule has 4 aromatic rings. The van der Waals surface area contributed by atoms with Crippen LogP contribution in [-0.2, 0) is 16.0 Å². The SMILES string of the molecule is O=C(O)c1ccc2cc(C(=O)N3CCCCC3C(=O)N[C@@H](Cc3ccc(NC(=O)c4c(Cl)cccc4Cl)cc3)C(=O)O)ccc2c1. The number of carboxylic acids is 2. The van der Waals surface area contributed by atoms with E-state index in [-0.39, 0.29) is 33.5 Å². The number of hydrogen-bond donors (Lipinski definition) is 4. The summed E-state index contributed by atoms with van der Waals surface area (Å²) < 4.78 is 0. The predicted octanol–water partition coefficient (Wildman–Crippen LogP) is 5.90. The molecule has 4 aromatic carbocycles. The number of nitrogens with zero attached hydrogens (tertiary/aromatic N) is 1. The highest BCUT2D eigenvalue weighted by molar-refractivity contribution is 6.40. The fourth-order valence-electron chi connectivity index (χ4n) is 5.46. The van der Waals surface area contributed by atoms with Gasteiger partial charge in [0.2, 0.25) is 5.91 Å². The molecule has 1 aliphatic rings. The fraction of sp³-hybridized carbons (Fsp3) is 0.206. The van der Waals surface area contributed by atoms with E-state index >= 15 is 0 Å². The van der Waals surface area contributed by atoms with Crippen LogP contribution in [0.3, 0.4) is 0 Å². The van der Waals surface area contributed by atoms with Gasteiger partial charge in [-0.3, -0.25) is 14.4 Å². The summed E-state index contributed by atoms with van der Waals surface area (Å²) in [5, 5.41) is 26.2. The number of benzene rings is 4. The van der Waals surface area contributed by atoms with E-state index in [1.54, 1.807) is 66.7 Å². The summed E-state index contributed by atoms with van der Waals surface area (Å²) in [7, 11) is 0. The zero-order valence-corrected chi connectivity index (χ0v) is 25.8. The van der Waals surface area contributed by atoms with Gasteiger partial charge in [-0.2, -0.15) is 0 Å². The molecule has 10 nitrogen and oxygen atoms in total. The first-order chi connectivity index (χ1) is 22.0. The van der Waals surface area contributed by atoms with Crippen LogP contribution < -0.4 is 10.6 Å². The van der Waals surface area contributed by atoms with Crippen molar-refractivity contribution in [3.8, 4) is 0 Å². The second-order valence-electron chi connectivity index (χ2n) is 10.9. The number of fused-ring (bicyclic) bond motifs is 1. The Labute approximate surface area is 273 Å². The van der Waals surface area contributed by atoms with Gasteiger partial charge in [-0.05, 0) is 84.1 Å². The first-order valence-corrected chi connectivity index (χ1v) is 15.2. The molecule has 1 heterocycles. The predicted molar refractivity (Wildman–Crippen MR) is 174 cm³/mol. The van der Waals surface area contributed by atoms with E-state index in [2.05, 4.69) is 10.6 Å². The van der Waals surface area contributed by atoms with Crippen molar-refractivity contribution in [3.05, 3.63) is 111 Å². The molecule has 0 aromatic heterocycles. The molecule has 236 valence electrons. The van der Waals surface area contributed by atoms with Gasteiger partial charge in [-0.25, -0.2) is 9.59 Å². The van der Waals surface area contributed by atoms with Crippen molar-refractivity contribution in [1.29, 1.82) is 0 Å². The number of aliphatic carboxylic acids is 1. The Morgan fingerprint density at radius 1 is 0.826 bits per heavy atom. The summed E-state index contributed by atoms with van der Waals surface area (Å²) in [5.41, 5.74) is 1.64. The molecule has 12 heteroatoms. The zero-order valence-electron chi connectivity index (χ0n) is 24.3. The van der Waals surface area contributed by atoms with Crippen LogP contribution >= 0.6 is 23.2 Å². The van der Waals surface area contributed by atoms with Crippen molar-refractivity contribution < 1.29 is 34.2 Å². The molecule has 4 N–H and O–H groups in total. The van der Waals surface area contributed by atoms with Crippen molar-refractivity contribution in [2.45, 2.75) is 37.8 Å². The second-order valence-corrected chi connectivity index (χ2v) is 11.8. The number of anilines is 1. The van der Waals surface area contributed by atoms with Gasteiger partial charge in [0.1, 0.15) is 12.1 Å². The van der Waals surface area contributed by atoms with Crippen molar-refractivity contribution in [2.24, 2.45) is 0 Å². The molecule has 1 unspecified atom stereocenters. The highest BCUT2D eigenvalue weighted by Gasteiger charge is 2.35.